The number of amides is 1. The molecule has 0 aliphatic carbocycles. The Morgan fingerprint density at radius 2 is 1.55 bits per heavy atom. The van der Waals surface area contributed by atoms with Gasteiger partial charge in [-0.25, -0.2) is 0 Å². The summed E-state index contributed by atoms with van der Waals surface area (Å²) in [4.78, 5) is 12.6. The second-order valence-corrected chi connectivity index (χ2v) is 7.79. The van der Waals surface area contributed by atoms with Gasteiger partial charge in [0.1, 0.15) is 0 Å². The number of carbonyl (C=O) groups is 1. The van der Waals surface area contributed by atoms with Gasteiger partial charge >= 0.3 is 0 Å². The van der Waals surface area contributed by atoms with E-state index in [2.05, 4.69) is 56.5 Å². The maximum Gasteiger partial charge on any atom is 0.225 e. The van der Waals surface area contributed by atoms with Crippen LogP contribution in [0.25, 0.3) is 0 Å². The minimum absolute atomic E-state index is 0.0276. The Labute approximate surface area is 174 Å². The Morgan fingerprint density at radius 1 is 0.931 bits per heavy atom. The van der Waals surface area contributed by atoms with Gasteiger partial charge in [-0.15, -0.1) is 0 Å². The van der Waals surface area contributed by atoms with Crippen LogP contribution in [0, 0.1) is 0 Å². The Bertz CT molecular complexity index is 790. The third-order valence-corrected chi connectivity index (χ3v) is 4.94. The zero-order valence-electron chi connectivity index (χ0n) is 18.5. The summed E-state index contributed by atoms with van der Waals surface area (Å²) in [7, 11) is 3.25. The van der Waals surface area contributed by atoms with Gasteiger partial charge in [0.2, 0.25) is 5.91 Å². The van der Waals surface area contributed by atoms with Crippen molar-refractivity contribution in [3.63, 3.8) is 0 Å². The molecule has 0 heterocycles. The summed E-state index contributed by atoms with van der Waals surface area (Å²) in [5.74, 6) is 2.15. The van der Waals surface area contributed by atoms with Gasteiger partial charge in [0.15, 0.2) is 11.5 Å². The van der Waals surface area contributed by atoms with Gasteiger partial charge in [-0.1, -0.05) is 52.0 Å². The zero-order valence-corrected chi connectivity index (χ0v) is 18.5. The number of rotatable bonds is 10. The molecule has 0 unspecified atom stereocenters. The predicted molar refractivity (Wildman–Crippen MR) is 119 cm³/mol. The molecule has 158 valence electrons. The van der Waals surface area contributed by atoms with E-state index in [1.54, 1.807) is 14.2 Å². The highest BCUT2D eigenvalue weighted by molar-refractivity contribution is 5.92. The molecule has 0 aliphatic rings. The summed E-state index contributed by atoms with van der Waals surface area (Å²) in [6.45, 7) is 9.87. The van der Waals surface area contributed by atoms with E-state index in [9.17, 15) is 4.79 Å². The number of benzene rings is 2. The molecule has 5 heteroatoms. The summed E-state index contributed by atoms with van der Waals surface area (Å²) in [5.41, 5.74) is 4.42. The first-order valence-corrected chi connectivity index (χ1v) is 10.2. The lowest BCUT2D eigenvalue weighted by molar-refractivity contribution is -0.116. The Hall–Kier alpha value is -2.53. The maximum atomic E-state index is 12.6. The van der Waals surface area contributed by atoms with E-state index >= 15 is 0 Å². The molecular weight excluding hydrogens is 364 g/mol. The largest absolute Gasteiger partial charge is 0.493 e. The van der Waals surface area contributed by atoms with Gasteiger partial charge in [0.05, 0.1) is 14.2 Å². The summed E-state index contributed by atoms with van der Waals surface area (Å²) in [5, 5.41) is 6.48. The van der Waals surface area contributed by atoms with Gasteiger partial charge in [0, 0.05) is 25.2 Å². The van der Waals surface area contributed by atoms with E-state index in [1.165, 1.54) is 11.1 Å². The Morgan fingerprint density at radius 3 is 2.10 bits per heavy atom. The molecule has 5 nitrogen and oxygen atoms in total. The van der Waals surface area contributed by atoms with Crippen LogP contribution < -0.4 is 20.1 Å². The molecule has 0 aliphatic heterocycles. The normalized spacial score (nSPS) is 11.0. The van der Waals surface area contributed by atoms with E-state index in [1.807, 2.05) is 18.2 Å². The van der Waals surface area contributed by atoms with Crippen molar-refractivity contribution in [3.05, 3.63) is 53.1 Å². The van der Waals surface area contributed by atoms with Crippen LogP contribution in [0.1, 0.15) is 62.6 Å². The van der Waals surface area contributed by atoms with E-state index < -0.39 is 0 Å². The molecule has 0 bridgehead atoms. The van der Waals surface area contributed by atoms with Gasteiger partial charge in [-0.05, 0) is 40.7 Å². The smallest absolute Gasteiger partial charge is 0.225 e. The highest BCUT2D eigenvalue weighted by atomic mass is 16.5. The molecule has 0 spiro atoms. The summed E-state index contributed by atoms with van der Waals surface area (Å²) < 4.78 is 10.6. The highest BCUT2D eigenvalue weighted by Crippen LogP contribution is 2.32. The molecule has 0 atom stereocenters. The summed E-state index contributed by atoms with van der Waals surface area (Å²) in [6.07, 6.45) is 0.414. The van der Waals surface area contributed by atoms with Gasteiger partial charge in [-0.2, -0.15) is 0 Å². The van der Waals surface area contributed by atoms with Crippen LogP contribution in [-0.4, -0.2) is 26.7 Å². The lowest BCUT2D eigenvalue weighted by Crippen LogP contribution is -2.22. The van der Waals surface area contributed by atoms with E-state index in [4.69, 9.17) is 9.47 Å². The Kier molecular flexibility index (Phi) is 8.52. The van der Waals surface area contributed by atoms with Crippen molar-refractivity contribution in [3.8, 4) is 11.5 Å². The molecule has 0 aromatic heterocycles. The molecule has 29 heavy (non-hydrogen) atoms. The van der Waals surface area contributed by atoms with E-state index in [0.717, 1.165) is 11.3 Å². The second-order valence-electron chi connectivity index (χ2n) is 7.79. The van der Waals surface area contributed by atoms with Crippen LogP contribution >= 0.6 is 0 Å². The molecule has 2 aromatic carbocycles. The third-order valence-electron chi connectivity index (χ3n) is 4.94. The van der Waals surface area contributed by atoms with Crippen LogP contribution in [-0.2, 0) is 11.3 Å². The molecule has 0 saturated carbocycles. The van der Waals surface area contributed by atoms with Crippen LogP contribution in [0.5, 0.6) is 11.5 Å². The molecule has 0 radical (unpaired) electrons. The zero-order chi connectivity index (χ0) is 21.4. The molecule has 2 aromatic rings. The molecule has 2 rings (SSSR count). The molecule has 1 amide bonds. The van der Waals surface area contributed by atoms with Crippen LogP contribution in [0.15, 0.2) is 36.4 Å². The van der Waals surface area contributed by atoms with Crippen molar-refractivity contribution in [1.29, 1.82) is 0 Å². The van der Waals surface area contributed by atoms with Crippen molar-refractivity contribution >= 4 is 11.6 Å². The highest BCUT2D eigenvalue weighted by Gasteiger charge is 2.15. The van der Waals surface area contributed by atoms with Gasteiger partial charge < -0.3 is 20.1 Å². The van der Waals surface area contributed by atoms with Crippen molar-refractivity contribution in [2.75, 3.05) is 26.1 Å². The second kappa shape index (κ2) is 10.9. The Balaban J connectivity index is 1.93. The topological polar surface area (TPSA) is 59.6 Å². The first-order valence-electron chi connectivity index (χ1n) is 10.2. The molecule has 0 saturated heterocycles. The summed E-state index contributed by atoms with van der Waals surface area (Å²) >= 11 is 0. The van der Waals surface area contributed by atoms with Gasteiger partial charge in [0.25, 0.3) is 0 Å². The predicted octanol–water partition coefficient (Wildman–Crippen LogP) is 5.07. The average Bonchev–Trinajstić information content (AvgIpc) is 2.70. The van der Waals surface area contributed by atoms with Crippen LogP contribution in [0.4, 0.5) is 5.69 Å². The minimum atomic E-state index is 0.0276. The van der Waals surface area contributed by atoms with Crippen molar-refractivity contribution in [2.24, 2.45) is 0 Å². The lowest BCUT2D eigenvalue weighted by atomic mass is 9.92. The number of hydrogen-bond acceptors (Lipinski definition) is 4. The van der Waals surface area contributed by atoms with E-state index in [0.29, 0.717) is 42.8 Å². The maximum absolute atomic E-state index is 12.6. The number of anilines is 1. The lowest BCUT2D eigenvalue weighted by Gasteiger charge is -2.20. The fourth-order valence-electron chi connectivity index (χ4n) is 3.32. The first-order chi connectivity index (χ1) is 13.9. The number of nitrogens with one attached hydrogen (secondary N) is 2. The van der Waals surface area contributed by atoms with Gasteiger partial charge in [-0.3, -0.25) is 4.79 Å². The summed E-state index contributed by atoms with van der Waals surface area (Å²) in [6, 6.07) is 12.1. The standard InChI is InChI=1S/C24H34N2O3/c1-16(2)19-8-7-9-20(17(3)4)24(19)26-23(27)12-13-25-15-18-10-11-21(28-5)22(14-18)29-6/h7-11,14,16-17,25H,12-13,15H2,1-6H3,(H,26,27). The van der Waals surface area contributed by atoms with Crippen molar-refractivity contribution in [1.82, 2.24) is 5.32 Å². The fraction of sp³-hybridized carbons (Fsp3) is 0.458. The van der Waals surface area contributed by atoms with Crippen LogP contribution in [0.2, 0.25) is 0 Å². The number of carbonyl (C=O) groups excluding carboxylic acids is 1. The quantitative estimate of drug-likeness (QED) is 0.549. The fourth-order valence-corrected chi connectivity index (χ4v) is 3.32. The molecular formula is C24H34N2O3. The minimum Gasteiger partial charge on any atom is -0.493 e. The van der Waals surface area contributed by atoms with E-state index in [-0.39, 0.29) is 5.91 Å². The third kappa shape index (κ3) is 6.23. The number of ether oxygens (including phenoxy) is 2. The van der Waals surface area contributed by atoms with Crippen LogP contribution in [0.3, 0.4) is 0 Å². The number of hydrogen-bond donors (Lipinski definition) is 2. The number of para-hydroxylation sites is 1. The average molecular weight is 399 g/mol. The molecule has 0 fully saturated rings. The molecule has 2 N–H and O–H groups in total. The SMILES string of the molecule is COc1ccc(CNCCC(=O)Nc2c(C(C)C)cccc2C(C)C)cc1OC. The monoisotopic (exact) mass is 398 g/mol. The van der Waals surface area contributed by atoms with Crippen molar-refractivity contribution in [2.45, 2.75) is 52.5 Å². The van der Waals surface area contributed by atoms with Crippen molar-refractivity contribution < 1.29 is 14.3 Å². The number of methoxy groups -OCH3 is 2. The first kappa shape index (κ1) is 22.8.